The topological polar surface area (TPSA) is 550 Å². The first-order valence-corrected chi connectivity index (χ1v) is 44.7. The molecule has 0 aliphatic carbocycles. The second-order valence-corrected chi connectivity index (χ2v) is 33.1. The number of phenols is 8. The zero-order chi connectivity index (χ0) is 101. The predicted molar refractivity (Wildman–Crippen MR) is 537 cm³/mol. The maximum atomic E-state index is 13.2. The maximum absolute atomic E-state index is 13.2. The fraction of sp³-hybridized carbons (Fsp3) is 0.0796. The lowest BCUT2D eigenvalue weighted by Gasteiger charge is -2.18. The molecule has 32 nitrogen and oxygen atoms in total. The Morgan fingerprint density at radius 3 is 0.448 bits per heavy atom. The van der Waals surface area contributed by atoms with Crippen molar-refractivity contribution in [2.75, 3.05) is 0 Å². The number of hydrogen-bond donors (Lipinski definition) is 8. The largest absolute Gasteiger partial charge is 0.508 e. The average Bonchev–Trinajstić information content (AvgIpc) is 0.785. The summed E-state index contributed by atoms with van der Waals surface area (Å²) >= 11 is 0. The molecule has 0 bridgehead atoms. The van der Waals surface area contributed by atoms with Crippen LogP contribution in [-0.2, 0) is 51.4 Å². The van der Waals surface area contributed by atoms with Crippen LogP contribution in [0.3, 0.4) is 0 Å². The number of nitrogens with zero attached hydrogens (tertiary/aromatic N) is 24. The molecule has 0 fully saturated rings. The standard InChI is InChI=1S/C113H76N24O8/c1-2-75-44-99(131-123-91-20-4-12-68(30-91)60-115)47-78(107(75)139)38-79-48-101(133-125-93-22-6-14-70(32-93)62-117)51-82(109(79)141)40-83-52-103(135-127-95-24-8-16-72(34-95)64-119)55-86(111(83)143)42-87-56-105(137-129-97-26-10-18-74(36-97)66-121)58-89(113(87)145)43-88-57-104(136-128-96-25-9-17-73(35-96)65-120)54-85(112(88)144)41-84-53-102(134-126-94-23-7-15-71(33-94)63-118)50-81(110(84)142)39-80-49-100(132-124-92-21-5-13-69(31-92)61-116)46-77(108(80)140)37-76-45-98(27-28-106(76)138)130-122-90-19-3-11-67(29-90)59-114/h3-36,44-58,138-145H,2,37-43H2,1H3. The van der Waals surface area contributed by atoms with Crippen molar-refractivity contribution in [3.8, 4) is 94.5 Å². The van der Waals surface area contributed by atoms with E-state index in [-0.39, 0.29) is 237 Å². The Bertz CT molecular complexity index is 8370. The lowest BCUT2D eigenvalue weighted by Crippen LogP contribution is -2.00. The fourth-order valence-corrected chi connectivity index (χ4v) is 15.9. The van der Waals surface area contributed by atoms with E-state index in [4.69, 9.17) is 0 Å². The van der Waals surface area contributed by atoms with Crippen LogP contribution in [0.15, 0.2) is 379 Å². The Morgan fingerprint density at radius 2 is 0.290 bits per heavy atom. The minimum absolute atomic E-state index is 0.0868. The Kier molecular flexibility index (Phi) is 30.1. The van der Waals surface area contributed by atoms with Gasteiger partial charge in [-0.05, 0) is 261 Å². The van der Waals surface area contributed by atoms with Gasteiger partial charge in [-0.25, -0.2) is 0 Å². The molecule has 0 saturated carbocycles. The normalized spacial score (nSPS) is 11.4. The molecule has 16 rings (SSSR count). The van der Waals surface area contributed by atoms with E-state index in [2.05, 4.69) is 130 Å². The van der Waals surface area contributed by atoms with Gasteiger partial charge in [-0.15, -0.1) is 0 Å². The molecule has 0 spiro atoms. The number of hydrogen-bond acceptors (Lipinski definition) is 32. The molecule has 8 N–H and O–H groups in total. The summed E-state index contributed by atoms with van der Waals surface area (Å²) in [5.41, 5.74) is 9.32. The summed E-state index contributed by atoms with van der Waals surface area (Å²) in [6.07, 6.45) is -1.52. The van der Waals surface area contributed by atoms with E-state index < -0.39 is 0 Å². The molecule has 0 saturated heterocycles. The molecule has 16 aromatic carbocycles. The zero-order valence-electron chi connectivity index (χ0n) is 76.8. The summed E-state index contributed by atoms with van der Waals surface area (Å²) in [6.45, 7) is 1.85. The van der Waals surface area contributed by atoms with E-state index in [9.17, 15) is 82.9 Å². The number of azo groups is 8. The molecule has 0 atom stereocenters. The number of phenolic OH excluding ortho intramolecular Hbond substituents is 8. The van der Waals surface area contributed by atoms with Crippen LogP contribution in [0.1, 0.15) is 135 Å². The molecule has 32 heteroatoms. The number of nitriles is 8. The number of rotatable bonds is 31. The Labute approximate surface area is 829 Å². The van der Waals surface area contributed by atoms with Crippen LogP contribution in [-0.4, -0.2) is 40.9 Å². The van der Waals surface area contributed by atoms with Gasteiger partial charge in [0.05, 0.1) is 184 Å². The maximum Gasteiger partial charge on any atom is 0.122 e. The van der Waals surface area contributed by atoms with Gasteiger partial charge in [0.15, 0.2) is 0 Å². The zero-order valence-corrected chi connectivity index (χ0v) is 76.8. The van der Waals surface area contributed by atoms with Gasteiger partial charge >= 0.3 is 0 Å². The Hall–Kier alpha value is -21.4. The van der Waals surface area contributed by atoms with Crippen molar-refractivity contribution in [1.82, 2.24) is 0 Å². The number of benzene rings is 16. The molecule has 16 aromatic rings. The summed E-state index contributed by atoms with van der Waals surface area (Å²) in [4.78, 5) is 0. The quantitative estimate of drug-likeness (QED) is 0.0187. The van der Waals surface area contributed by atoms with Crippen molar-refractivity contribution < 1.29 is 40.9 Å². The molecule has 696 valence electrons. The van der Waals surface area contributed by atoms with E-state index in [1.807, 2.05) is 6.92 Å². The first kappa shape index (κ1) is 96.7. The molecular weight excluding hydrogens is 1820 g/mol. The Morgan fingerprint density at radius 1 is 0.159 bits per heavy atom. The first-order chi connectivity index (χ1) is 70.5. The van der Waals surface area contributed by atoms with Crippen molar-refractivity contribution in [2.24, 2.45) is 81.8 Å². The first-order valence-electron chi connectivity index (χ1n) is 44.7. The van der Waals surface area contributed by atoms with Crippen LogP contribution in [0.25, 0.3) is 0 Å². The SMILES string of the molecule is CCc1cc(N=Nc2cccc(C#N)c2)cc(Cc2cc(N=Nc3cccc(C#N)c3)cc(Cc3cc(N=Nc4cccc(C#N)c4)cc(Cc4cc(N=Nc5cccc(C#N)c5)cc(Cc5cc(N=Nc6cccc(C#N)c6)cc(Cc6cc(N=Nc7cccc(C#N)c7)cc(Cc7cc(N=Nc8cccc(C#N)c8)cc(Cc8cc(N=Nc9cccc(C#N)c9)ccc8O)c7O)c6O)c5O)c4O)c3O)c2O)c1O. The van der Waals surface area contributed by atoms with Crippen LogP contribution in [0.2, 0.25) is 0 Å². The van der Waals surface area contributed by atoms with Crippen LogP contribution in [0, 0.1) is 90.6 Å². The number of aryl methyl sites for hydroxylation is 1. The van der Waals surface area contributed by atoms with E-state index in [0.717, 1.165) is 0 Å². The molecule has 145 heavy (non-hydrogen) atoms. The second kappa shape index (κ2) is 45.1. The van der Waals surface area contributed by atoms with E-state index in [0.29, 0.717) is 79.5 Å². The molecule has 0 unspecified atom stereocenters. The average molecular weight is 1900 g/mol. The lowest BCUT2D eigenvalue weighted by atomic mass is 9.91. The number of aromatic hydroxyl groups is 8. The summed E-state index contributed by atoms with van der Waals surface area (Å²) in [7, 11) is 0. The summed E-state index contributed by atoms with van der Waals surface area (Å²) in [5, 5.41) is 253. The third-order valence-corrected chi connectivity index (χ3v) is 22.9. The van der Waals surface area contributed by atoms with E-state index >= 15 is 0 Å². The lowest BCUT2D eigenvalue weighted by molar-refractivity contribution is 0.452. The smallest absolute Gasteiger partial charge is 0.122 e. The van der Waals surface area contributed by atoms with Crippen molar-refractivity contribution >= 4 is 91.0 Å². The molecule has 0 aliphatic heterocycles. The molecule has 0 amide bonds. The monoisotopic (exact) mass is 1900 g/mol. The van der Waals surface area contributed by atoms with Gasteiger partial charge in [0.25, 0.3) is 0 Å². The van der Waals surface area contributed by atoms with E-state index in [1.54, 1.807) is 200 Å². The minimum Gasteiger partial charge on any atom is -0.508 e. The van der Waals surface area contributed by atoms with Gasteiger partial charge in [0, 0.05) is 123 Å². The van der Waals surface area contributed by atoms with Gasteiger partial charge in [0.2, 0.25) is 0 Å². The van der Waals surface area contributed by atoms with Gasteiger partial charge in [-0.2, -0.15) is 124 Å². The molecule has 0 heterocycles. The summed E-state index contributed by atoms with van der Waals surface area (Å²) < 4.78 is 0. The van der Waals surface area contributed by atoms with Crippen molar-refractivity contribution in [2.45, 2.75) is 58.3 Å². The molecular formula is C113H76N24O8. The third-order valence-electron chi connectivity index (χ3n) is 22.9. The van der Waals surface area contributed by atoms with Crippen LogP contribution in [0.5, 0.6) is 46.0 Å². The molecule has 0 aliphatic rings. The van der Waals surface area contributed by atoms with Crippen molar-refractivity contribution in [1.29, 1.82) is 42.1 Å². The van der Waals surface area contributed by atoms with Crippen LogP contribution < -0.4 is 0 Å². The molecule has 0 radical (unpaired) electrons. The summed E-state index contributed by atoms with van der Waals surface area (Å²) in [6, 6.07) is 94.4. The van der Waals surface area contributed by atoms with Gasteiger partial charge in [-0.3, -0.25) is 0 Å². The van der Waals surface area contributed by atoms with Gasteiger partial charge in [0.1, 0.15) is 46.0 Å². The fourth-order valence-electron chi connectivity index (χ4n) is 15.9. The third kappa shape index (κ3) is 24.5. The van der Waals surface area contributed by atoms with E-state index in [1.165, 1.54) is 97.1 Å². The highest BCUT2D eigenvalue weighted by molar-refractivity contribution is 5.68. The predicted octanol–water partition coefficient (Wildman–Crippen LogP) is 29.3. The highest BCUT2D eigenvalue weighted by atomic mass is 16.3. The highest BCUT2D eigenvalue weighted by Crippen LogP contribution is 2.47. The van der Waals surface area contributed by atoms with Gasteiger partial charge < -0.3 is 40.9 Å². The van der Waals surface area contributed by atoms with Crippen LogP contribution >= 0.6 is 0 Å². The highest BCUT2D eigenvalue weighted by Gasteiger charge is 2.26. The Balaban J connectivity index is 0.820. The van der Waals surface area contributed by atoms with Crippen molar-refractivity contribution in [3.63, 3.8) is 0 Å². The van der Waals surface area contributed by atoms with Crippen LogP contribution in [0.4, 0.5) is 91.0 Å². The van der Waals surface area contributed by atoms with Gasteiger partial charge in [-0.1, -0.05) is 55.5 Å². The second-order valence-electron chi connectivity index (χ2n) is 33.1. The van der Waals surface area contributed by atoms with Crippen molar-refractivity contribution in [3.05, 3.63) is 425 Å². The minimum atomic E-state index is -0.389. The summed E-state index contributed by atoms with van der Waals surface area (Å²) in [5.74, 6) is -2.34. The molecule has 0 aromatic heterocycles.